The highest BCUT2D eigenvalue weighted by atomic mass is 14.0. The predicted molar refractivity (Wildman–Crippen MR) is 86.3 cm³/mol. The first kappa shape index (κ1) is 12.3. The van der Waals surface area contributed by atoms with E-state index in [9.17, 15) is 0 Å². The van der Waals surface area contributed by atoms with Crippen molar-refractivity contribution in [2.75, 3.05) is 0 Å². The number of allylic oxidation sites excluding steroid dienone is 1. The Labute approximate surface area is 119 Å². The minimum Gasteiger partial charge on any atom is -0.0696 e. The number of hydrogen-bond donors (Lipinski definition) is 0. The van der Waals surface area contributed by atoms with E-state index >= 15 is 0 Å². The van der Waals surface area contributed by atoms with Crippen LogP contribution in [-0.2, 0) is 0 Å². The molecular weight excluding hydrogens is 240 g/mol. The lowest BCUT2D eigenvalue weighted by Gasteiger charge is -2.00. The van der Waals surface area contributed by atoms with E-state index in [2.05, 4.69) is 60.4 Å². The zero-order chi connectivity index (χ0) is 13.6. The van der Waals surface area contributed by atoms with Crippen LogP contribution in [0, 0.1) is 11.8 Å². The van der Waals surface area contributed by atoms with E-state index in [0.717, 1.165) is 5.56 Å². The van der Waals surface area contributed by atoms with Gasteiger partial charge in [-0.3, -0.25) is 0 Å². The fraction of sp³-hybridized carbons (Fsp3) is 0. The van der Waals surface area contributed by atoms with Gasteiger partial charge in [-0.25, -0.2) is 0 Å². The van der Waals surface area contributed by atoms with Crippen molar-refractivity contribution in [3.8, 4) is 11.8 Å². The standard InChI is InChI=1S/C20H14/c1-2-9-17(10-3-1)11-4-5-12-18-14-8-15-19-13-6-7-16-20(18)19/h1-3,5-10,12-16H/b12-5-. The van der Waals surface area contributed by atoms with Gasteiger partial charge in [-0.2, -0.15) is 0 Å². The summed E-state index contributed by atoms with van der Waals surface area (Å²) in [5.74, 6) is 6.21. The second kappa shape index (κ2) is 5.91. The molecule has 0 heteroatoms. The molecular formula is C20H14. The maximum Gasteiger partial charge on any atom is 0.0248 e. The van der Waals surface area contributed by atoms with Gasteiger partial charge in [0.05, 0.1) is 0 Å². The lowest BCUT2D eigenvalue weighted by Crippen LogP contribution is -1.76. The molecule has 0 aromatic heterocycles. The van der Waals surface area contributed by atoms with Crippen LogP contribution >= 0.6 is 0 Å². The minimum atomic E-state index is 1.04. The van der Waals surface area contributed by atoms with Gasteiger partial charge in [-0.1, -0.05) is 72.5 Å². The molecule has 0 saturated carbocycles. The van der Waals surface area contributed by atoms with Crippen LogP contribution < -0.4 is 0 Å². The molecule has 0 N–H and O–H groups in total. The molecule has 0 radical (unpaired) electrons. The van der Waals surface area contributed by atoms with E-state index in [-0.39, 0.29) is 0 Å². The van der Waals surface area contributed by atoms with Gasteiger partial charge in [0.1, 0.15) is 0 Å². The van der Waals surface area contributed by atoms with E-state index in [1.54, 1.807) is 0 Å². The fourth-order valence-corrected chi connectivity index (χ4v) is 2.17. The molecule has 0 bridgehead atoms. The SMILES string of the molecule is C(#Cc1ccccc1)/C=C\c1cccc2ccccc12. The van der Waals surface area contributed by atoms with Crippen LogP contribution in [0.5, 0.6) is 0 Å². The molecule has 0 atom stereocenters. The molecule has 3 rings (SSSR count). The predicted octanol–water partition coefficient (Wildman–Crippen LogP) is 4.90. The Hall–Kier alpha value is -2.78. The topological polar surface area (TPSA) is 0 Å². The van der Waals surface area contributed by atoms with Crippen molar-refractivity contribution in [1.29, 1.82) is 0 Å². The van der Waals surface area contributed by atoms with Gasteiger partial charge in [-0.05, 0) is 40.6 Å². The summed E-state index contributed by atoms with van der Waals surface area (Å²) in [6.45, 7) is 0. The van der Waals surface area contributed by atoms with Crippen molar-refractivity contribution < 1.29 is 0 Å². The molecule has 0 fully saturated rings. The highest BCUT2D eigenvalue weighted by Gasteiger charge is 1.95. The number of rotatable bonds is 1. The van der Waals surface area contributed by atoms with Crippen molar-refractivity contribution in [2.24, 2.45) is 0 Å². The summed E-state index contributed by atoms with van der Waals surface area (Å²) in [6.07, 6.45) is 3.98. The Morgan fingerprint density at radius 3 is 2.35 bits per heavy atom. The first-order chi connectivity index (χ1) is 9.93. The van der Waals surface area contributed by atoms with Gasteiger partial charge >= 0.3 is 0 Å². The molecule has 94 valence electrons. The van der Waals surface area contributed by atoms with E-state index < -0.39 is 0 Å². The molecule has 0 nitrogen and oxygen atoms in total. The van der Waals surface area contributed by atoms with E-state index in [1.807, 2.05) is 36.4 Å². The van der Waals surface area contributed by atoms with Gasteiger partial charge in [0.25, 0.3) is 0 Å². The lowest BCUT2D eigenvalue weighted by molar-refractivity contribution is 1.65. The molecule has 0 heterocycles. The number of fused-ring (bicyclic) bond motifs is 1. The van der Waals surface area contributed by atoms with Crippen molar-refractivity contribution in [3.63, 3.8) is 0 Å². The molecule has 20 heavy (non-hydrogen) atoms. The van der Waals surface area contributed by atoms with Crippen molar-refractivity contribution in [1.82, 2.24) is 0 Å². The Bertz CT molecular complexity index is 794. The summed E-state index contributed by atoms with van der Waals surface area (Å²) in [5, 5.41) is 2.51. The van der Waals surface area contributed by atoms with Gasteiger partial charge in [-0.15, -0.1) is 0 Å². The number of benzene rings is 3. The average Bonchev–Trinajstić information content (AvgIpc) is 2.53. The largest absolute Gasteiger partial charge is 0.0696 e. The van der Waals surface area contributed by atoms with E-state index in [1.165, 1.54) is 16.3 Å². The number of hydrogen-bond acceptors (Lipinski definition) is 0. The van der Waals surface area contributed by atoms with Crippen LogP contribution in [0.4, 0.5) is 0 Å². The molecule has 3 aromatic carbocycles. The van der Waals surface area contributed by atoms with E-state index in [0.29, 0.717) is 0 Å². The summed E-state index contributed by atoms with van der Waals surface area (Å²) in [5.41, 5.74) is 2.24. The third kappa shape index (κ3) is 2.79. The molecule has 0 aliphatic carbocycles. The monoisotopic (exact) mass is 254 g/mol. The minimum absolute atomic E-state index is 1.04. The van der Waals surface area contributed by atoms with E-state index in [4.69, 9.17) is 0 Å². The summed E-state index contributed by atoms with van der Waals surface area (Å²) in [7, 11) is 0. The third-order valence-corrected chi connectivity index (χ3v) is 3.16. The Morgan fingerprint density at radius 1 is 0.700 bits per heavy atom. The molecule has 0 amide bonds. The summed E-state index contributed by atoms with van der Waals surface area (Å²) in [6, 6.07) is 24.7. The molecule has 0 spiro atoms. The Morgan fingerprint density at radius 2 is 1.45 bits per heavy atom. The van der Waals surface area contributed by atoms with Crippen molar-refractivity contribution >= 4 is 16.8 Å². The Balaban J connectivity index is 1.87. The zero-order valence-electron chi connectivity index (χ0n) is 11.1. The van der Waals surface area contributed by atoms with Gasteiger partial charge in [0, 0.05) is 5.56 Å². The molecule has 0 aliphatic heterocycles. The first-order valence-electron chi connectivity index (χ1n) is 6.64. The highest BCUT2D eigenvalue weighted by molar-refractivity contribution is 5.90. The maximum atomic E-state index is 3.13. The summed E-state index contributed by atoms with van der Waals surface area (Å²) < 4.78 is 0. The smallest absolute Gasteiger partial charge is 0.0248 e. The Kier molecular flexibility index (Phi) is 3.62. The van der Waals surface area contributed by atoms with Gasteiger partial charge in [0.15, 0.2) is 0 Å². The first-order valence-corrected chi connectivity index (χ1v) is 6.64. The van der Waals surface area contributed by atoms with Crippen LogP contribution in [0.15, 0.2) is 78.9 Å². The molecule has 0 unspecified atom stereocenters. The van der Waals surface area contributed by atoms with Gasteiger partial charge in [0.2, 0.25) is 0 Å². The summed E-state index contributed by atoms with van der Waals surface area (Å²) in [4.78, 5) is 0. The van der Waals surface area contributed by atoms with Gasteiger partial charge < -0.3 is 0 Å². The van der Waals surface area contributed by atoms with Crippen LogP contribution in [0.3, 0.4) is 0 Å². The second-order valence-corrected chi connectivity index (χ2v) is 4.54. The quantitative estimate of drug-likeness (QED) is 0.541. The van der Waals surface area contributed by atoms with Crippen molar-refractivity contribution in [2.45, 2.75) is 0 Å². The lowest BCUT2D eigenvalue weighted by atomic mass is 10.0. The zero-order valence-corrected chi connectivity index (χ0v) is 11.1. The second-order valence-electron chi connectivity index (χ2n) is 4.54. The average molecular weight is 254 g/mol. The maximum absolute atomic E-state index is 3.13. The summed E-state index contributed by atoms with van der Waals surface area (Å²) >= 11 is 0. The highest BCUT2D eigenvalue weighted by Crippen LogP contribution is 2.19. The van der Waals surface area contributed by atoms with Crippen LogP contribution in [0.2, 0.25) is 0 Å². The normalized spacial score (nSPS) is 10.4. The van der Waals surface area contributed by atoms with Crippen LogP contribution in [-0.4, -0.2) is 0 Å². The molecule has 3 aromatic rings. The van der Waals surface area contributed by atoms with Crippen LogP contribution in [0.1, 0.15) is 11.1 Å². The van der Waals surface area contributed by atoms with Crippen LogP contribution in [0.25, 0.3) is 16.8 Å². The molecule has 0 saturated heterocycles. The van der Waals surface area contributed by atoms with Crippen molar-refractivity contribution in [3.05, 3.63) is 90.0 Å². The molecule has 0 aliphatic rings. The third-order valence-electron chi connectivity index (χ3n) is 3.16. The fourth-order valence-electron chi connectivity index (χ4n) is 2.17.